The highest BCUT2D eigenvalue weighted by Gasteiger charge is 2.09. The van der Waals surface area contributed by atoms with E-state index < -0.39 is 0 Å². The number of aryl methyl sites for hydroxylation is 1. The van der Waals surface area contributed by atoms with Crippen LogP contribution in [0.15, 0.2) is 54.7 Å². The first kappa shape index (κ1) is 15.7. The summed E-state index contributed by atoms with van der Waals surface area (Å²) in [6, 6.07) is 15.2. The fourth-order valence-corrected chi connectivity index (χ4v) is 3.21. The zero-order chi connectivity index (χ0) is 16.2. The maximum atomic E-state index is 12.2. The number of aromatic nitrogens is 1. The van der Waals surface area contributed by atoms with E-state index in [4.69, 9.17) is 11.6 Å². The van der Waals surface area contributed by atoms with Gasteiger partial charge >= 0.3 is 0 Å². The van der Waals surface area contributed by atoms with Gasteiger partial charge in [0.1, 0.15) is 0 Å². The van der Waals surface area contributed by atoms with Crippen molar-refractivity contribution in [3.8, 4) is 0 Å². The molecule has 0 fully saturated rings. The summed E-state index contributed by atoms with van der Waals surface area (Å²) in [5.41, 5.74) is 3.04. The molecule has 0 aliphatic rings. The summed E-state index contributed by atoms with van der Waals surface area (Å²) in [5.74, 6) is -0.182. The highest BCUT2D eigenvalue weighted by Crippen LogP contribution is 2.22. The number of benzene rings is 2. The highest BCUT2D eigenvalue weighted by molar-refractivity contribution is 7.15. The molecule has 1 aromatic heterocycles. The number of nitrogens with zero attached hydrogens (tertiary/aromatic N) is 1. The van der Waals surface area contributed by atoms with Crippen LogP contribution in [0.4, 0.5) is 5.13 Å². The average Bonchev–Trinajstić information content (AvgIpc) is 2.95. The molecular weight excluding hydrogens is 328 g/mol. The van der Waals surface area contributed by atoms with Gasteiger partial charge in [-0.15, -0.1) is 11.3 Å². The maximum Gasteiger partial charge on any atom is 0.257 e. The molecule has 1 amide bonds. The van der Waals surface area contributed by atoms with Gasteiger partial charge in [-0.05, 0) is 36.8 Å². The van der Waals surface area contributed by atoms with Crippen LogP contribution in [-0.4, -0.2) is 10.9 Å². The molecule has 0 saturated carbocycles. The van der Waals surface area contributed by atoms with Crippen molar-refractivity contribution < 1.29 is 4.79 Å². The van der Waals surface area contributed by atoms with E-state index >= 15 is 0 Å². The van der Waals surface area contributed by atoms with Crippen LogP contribution in [0.3, 0.4) is 0 Å². The molecule has 5 heteroatoms. The third kappa shape index (κ3) is 4.18. The van der Waals surface area contributed by atoms with E-state index in [0.29, 0.717) is 15.7 Å². The molecule has 1 heterocycles. The number of anilines is 1. The van der Waals surface area contributed by atoms with Crippen LogP contribution >= 0.6 is 22.9 Å². The number of nitrogens with one attached hydrogen (secondary N) is 1. The van der Waals surface area contributed by atoms with Crippen molar-refractivity contribution in [2.75, 3.05) is 5.32 Å². The van der Waals surface area contributed by atoms with E-state index in [1.165, 1.54) is 22.5 Å². The molecule has 1 N–H and O–H groups in total. The van der Waals surface area contributed by atoms with E-state index in [-0.39, 0.29) is 5.91 Å². The number of hydrogen-bond acceptors (Lipinski definition) is 3. The molecule has 0 spiro atoms. The molecule has 0 radical (unpaired) electrons. The third-order valence-corrected chi connectivity index (χ3v) is 4.51. The molecule has 3 aromatic rings. The Morgan fingerprint density at radius 1 is 1.22 bits per heavy atom. The number of halogens is 1. The van der Waals surface area contributed by atoms with Gasteiger partial charge in [-0.1, -0.05) is 41.4 Å². The van der Waals surface area contributed by atoms with Crippen molar-refractivity contribution >= 4 is 34.0 Å². The number of hydrogen-bond donors (Lipinski definition) is 1. The monoisotopic (exact) mass is 342 g/mol. The summed E-state index contributed by atoms with van der Waals surface area (Å²) in [6.45, 7) is 2.08. The Morgan fingerprint density at radius 2 is 2.00 bits per heavy atom. The Kier molecular flexibility index (Phi) is 4.74. The van der Waals surface area contributed by atoms with Gasteiger partial charge in [0.05, 0.1) is 0 Å². The second kappa shape index (κ2) is 6.94. The summed E-state index contributed by atoms with van der Waals surface area (Å²) < 4.78 is 0. The molecule has 0 aliphatic carbocycles. The van der Waals surface area contributed by atoms with Crippen molar-refractivity contribution in [2.45, 2.75) is 13.3 Å². The van der Waals surface area contributed by atoms with Gasteiger partial charge < -0.3 is 0 Å². The number of carbonyl (C=O) groups excluding carboxylic acids is 1. The SMILES string of the molecule is Cc1cccc(Cc2cnc(NC(=O)c3ccc(Cl)cc3)s2)c1. The number of amides is 1. The summed E-state index contributed by atoms with van der Waals surface area (Å²) in [4.78, 5) is 17.5. The van der Waals surface area contributed by atoms with Gasteiger partial charge in [0.25, 0.3) is 5.91 Å². The van der Waals surface area contributed by atoms with Gasteiger partial charge in [0, 0.05) is 28.1 Å². The average molecular weight is 343 g/mol. The van der Waals surface area contributed by atoms with Crippen molar-refractivity contribution in [1.29, 1.82) is 0 Å². The summed E-state index contributed by atoms with van der Waals surface area (Å²) in [7, 11) is 0. The van der Waals surface area contributed by atoms with Crippen molar-refractivity contribution in [1.82, 2.24) is 4.98 Å². The highest BCUT2D eigenvalue weighted by atomic mass is 35.5. The lowest BCUT2D eigenvalue weighted by Gasteiger charge is -2.01. The molecule has 0 bridgehead atoms. The minimum atomic E-state index is -0.182. The Morgan fingerprint density at radius 3 is 2.74 bits per heavy atom. The molecule has 0 saturated heterocycles. The van der Waals surface area contributed by atoms with Crippen molar-refractivity contribution in [3.05, 3.63) is 81.3 Å². The normalized spacial score (nSPS) is 10.5. The van der Waals surface area contributed by atoms with Gasteiger partial charge in [0.2, 0.25) is 0 Å². The van der Waals surface area contributed by atoms with E-state index in [1.54, 1.807) is 24.3 Å². The number of carbonyl (C=O) groups is 1. The van der Waals surface area contributed by atoms with E-state index in [2.05, 4.69) is 41.5 Å². The van der Waals surface area contributed by atoms with Crippen LogP contribution in [0.1, 0.15) is 26.4 Å². The Balaban J connectivity index is 1.67. The smallest absolute Gasteiger partial charge is 0.257 e. The van der Waals surface area contributed by atoms with Gasteiger partial charge in [-0.2, -0.15) is 0 Å². The van der Waals surface area contributed by atoms with Crippen molar-refractivity contribution in [2.24, 2.45) is 0 Å². The summed E-state index contributed by atoms with van der Waals surface area (Å²) in [5, 5.41) is 4.03. The minimum absolute atomic E-state index is 0.182. The van der Waals surface area contributed by atoms with Crippen LogP contribution in [0.25, 0.3) is 0 Å². The topological polar surface area (TPSA) is 42.0 Å². The lowest BCUT2D eigenvalue weighted by atomic mass is 10.1. The fraction of sp³-hybridized carbons (Fsp3) is 0.111. The zero-order valence-electron chi connectivity index (χ0n) is 12.5. The lowest BCUT2D eigenvalue weighted by molar-refractivity contribution is 0.102. The van der Waals surface area contributed by atoms with E-state index in [1.807, 2.05) is 6.20 Å². The Labute approximate surface area is 144 Å². The Bertz CT molecular complexity index is 827. The molecule has 3 rings (SSSR count). The van der Waals surface area contributed by atoms with Gasteiger partial charge in [0.15, 0.2) is 5.13 Å². The largest absolute Gasteiger partial charge is 0.298 e. The predicted molar refractivity (Wildman–Crippen MR) is 95.5 cm³/mol. The first-order valence-electron chi connectivity index (χ1n) is 7.17. The van der Waals surface area contributed by atoms with E-state index in [9.17, 15) is 4.79 Å². The standard InChI is InChI=1S/C18H15ClN2OS/c1-12-3-2-4-13(9-12)10-16-11-20-18(23-16)21-17(22)14-5-7-15(19)8-6-14/h2-9,11H,10H2,1H3,(H,20,21,22). The molecular formula is C18H15ClN2OS. The quantitative estimate of drug-likeness (QED) is 0.729. The predicted octanol–water partition coefficient (Wildman–Crippen LogP) is 4.95. The second-order valence-corrected chi connectivity index (χ2v) is 6.81. The molecule has 3 nitrogen and oxygen atoms in total. The van der Waals surface area contributed by atoms with Crippen LogP contribution < -0.4 is 5.32 Å². The van der Waals surface area contributed by atoms with Gasteiger partial charge in [-0.25, -0.2) is 4.98 Å². The second-order valence-electron chi connectivity index (χ2n) is 5.26. The fourth-order valence-electron chi connectivity index (χ4n) is 2.24. The third-order valence-electron chi connectivity index (χ3n) is 3.34. The minimum Gasteiger partial charge on any atom is -0.298 e. The van der Waals surface area contributed by atoms with Gasteiger partial charge in [-0.3, -0.25) is 10.1 Å². The molecule has 0 atom stereocenters. The maximum absolute atomic E-state index is 12.2. The van der Waals surface area contributed by atoms with Crippen LogP contribution in [0.5, 0.6) is 0 Å². The number of rotatable bonds is 4. The Hall–Kier alpha value is -2.17. The van der Waals surface area contributed by atoms with Crippen LogP contribution in [0, 0.1) is 6.92 Å². The van der Waals surface area contributed by atoms with Crippen LogP contribution in [0.2, 0.25) is 5.02 Å². The molecule has 23 heavy (non-hydrogen) atoms. The van der Waals surface area contributed by atoms with Crippen molar-refractivity contribution in [3.63, 3.8) is 0 Å². The molecule has 0 unspecified atom stereocenters. The molecule has 2 aromatic carbocycles. The zero-order valence-corrected chi connectivity index (χ0v) is 14.1. The summed E-state index contributed by atoms with van der Waals surface area (Å²) in [6.07, 6.45) is 2.63. The molecule has 0 aliphatic heterocycles. The molecule has 116 valence electrons. The van der Waals surface area contributed by atoms with Crippen LogP contribution in [-0.2, 0) is 6.42 Å². The summed E-state index contributed by atoms with van der Waals surface area (Å²) >= 11 is 7.32. The first-order valence-corrected chi connectivity index (χ1v) is 8.37. The first-order chi connectivity index (χ1) is 11.1. The van der Waals surface area contributed by atoms with E-state index in [0.717, 1.165) is 11.3 Å². The lowest BCUT2D eigenvalue weighted by Crippen LogP contribution is -2.11. The number of thiazole rings is 1.